The van der Waals surface area contributed by atoms with E-state index in [1.54, 1.807) is 6.92 Å². The number of rotatable bonds is 5. The van der Waals surface area contributed by atoms with Crippen molar-refractivity contribution < 1.29 is 14.7 Å². The lowest BCUT2D eigenvalue weighted by Gasteiger charge is -2.06. The number of nitrogens with one attached hydrogen (secondary N) is 1. The standard InChI is InChI=1S/C13H16N2O3/c1-8-10(13(17)18)4-5-11(15-8)12(16)14-7-6-9-2-3-9/h4-5,9H,2-3,6-7H2,1H3,(H,14,16)(H,17,18). The molecule has 0 radical (unpaired) electrons. The van der Waals surface area contributed by atoms with Gasteiger partial charge in [0.2, 0.25) is 0 Å². The van der Waals surface area contributed by atoms with Crippen molar-refractivity contribution in [2.75, 3.05) is 6.54 Å². The number of aromatic nitrogens is 1. The van der Waals surface area contributed by atoms with Crippen molar-refractivity contribution >= 4 is 11.9 Å². The number of aryl methyl sites for hydroxylation is 1. The van der Waals surface area contributed by atoms with Gasteiger partial charge in [-0.3, -0.25) is 4.79 Å². The number of amides is 1. The SMILES string of the molecule is Cc1nc(C(=O)NCCC2CC2)ccc1C(=O)O. The molecule has 0 bridgehead atoms. The number of aromatic carboxylic acids is 1. The van der Waals surface area contributed by atoms with E-state index < -0.39 is 5.97 Å². The molecule has 1 saturated carbocycles. The van der Waals surface area contributed by atoms with E-state index in [1.807, 2.05) is 0 Å². The number of carbonyl (C=O) groups excluding carboxylic acids is 1. The topological polar surface area (TPSA) is 79.3 Å². The van der Waals surface area contributed by atoms with Crippen molar-refractivity contribution in [1.82, 2.24) is 10.3 Å². The van der Waals surface area contributed by atoms with E-state index in [9.17, 15) is 9.59 Å². The number of nitrogens with zero attached hydrogens (tertiary/aromatic N) is 1. The van der Waals surface area contributed by atoms with E-state index in [-0.39, 0.29) is 17.2 Å². The van der Waals surface area contributed by atoms with Gasteiger partial charge in [0, 0.05) is 6.54 Å². The molecule has 0 spiro atoms. The van der Waals surface area contributed by atoms with E-state index in [4.69, 9.17) is 5.11 Å². The molecule has 2 rings (SSSR count). The van der Waals surface area contributed by atoms with Crippen LogP contribution in [-0.2, 0) is 0 Å². The van der Waals surface area contributed by atoms with Crippen LogP contribution >= 0.6 is 0 Å². The summed E-state index contributed by atoms with van der Waals surface area (Å²) in [5.41, 5.74) is 0.759. The number of pyridine rings is 1. The highest BCUT2D eigenvalue weighted by atomic mass is 16.4. The zero-order valence-corrected chi connectivity index (χ0v) is 10.3. The Hall–Kier alpha value is -1.91. The van der Waals surface area contributed by atoms with Gasteiger partial charge in [-0.25, -0.2) is 9.78 Å². The Bertz CT molecular complexity index is 481. The molecule has 0 aromatic carbocycles. The van der Waals surface area contributed by atoms with Gasteiger partial charge < -0.3 is 10.4 Å². The molecule has 5 nitrogen and oxygen atoms in total. The Balaban J connectivity index is 1.96. The molecule has 2 N–H and O–H groups in total. The minimum atomic E-state index is -1.03. The third kappa shape index (κ3) is 3.06. The summed E-state index contributed by atoms with van der Waals surface area (Å²) in [5.74, 6) is -0.495. The monoisotopic (exact) mass is 248 g/mol. The van der Waals surface area contributed by atoms with Gasteiger partial charge in [-0.15, -0.1) is 0 Å². The molecule has 5 heteroatoms. The quantitative estimate of drug-likeness (QED) is 0.829. The molecule has 1 amide bonds. The normalized spacial score (nSPS) is 14.3. The minimum absolute atomic E-state index is 0.129. The van der Waals surface area contributed by atoms with Crippen LogP contribution in [0.5, 0.6) is 0 Å². The number of hydrogen-bond donors (Lipinski definition) is 2. The predicted molar refractivity (Wildman–Crippen MR) is 65.6 cm³/mol. The molecule has 0 unspecified atom stereocenters. The van der Waals surface area contributed by atoms with Crippen LogP contribution in [0.4, 0.5) is 0 Å². The maximum absolute atomic E-state index is 11.8. The fourth-order valence-electron chi connectivity index (χ4n) is 1.80. The molecule has 1 aliphatic rings. The van der Waals surface area contributed by atoms with Crippen LogP contribution in [0.1, 0.15) is 45.8 Å². The van der Waals surface area contributed by atoms with Crippen molar-refractivity contribution in [1.29, 1.82) is 0 Å². The Morgan fingerprint density at radius 2 is 2.17 bits per heavy atom. The Morgan fingerprint density at radius 3 is 2.72 bits per heavy atom. The summed E-state index contributed by atoms with van der Waals surface area (Å²) in [6.07, 6.45) is 3.54. The first-order valence-electron chi connectivity index (χ1n) is 6.07. The molecule has 96 valence electrons. The van der Waals surface area contributed by atoms with Crippen LogP contribution in [0.25, 0.3) is 0 Å². The van der Waals surface area contributed by atoms with Crippen LogP contribution in [-0.4, -0.2) is 28.5 Å². The number of carboxylic acids is 1. The van der Waals surface area contributed by atoms with Crippen LogP contribution in [0, 0.1) is 12.8 Å². The molecule has 1 aliphatic carbocycles. The fraction of sp³-hybridized carbons (Fsp3) is 0.462. The van der Waals surface area contributed by atoms with Crippen LogP contribution < -0.4 is 5.32 Å². The summed E-state index contributed by atoms with van der Waals surface area (Å²) in [6, 6.07) is 2.86. The average Bonchev–Trinajstić information content (AvgIpc) is 3.12. The Kier molecular flexibility index (Phi) is 3.60. The van der Waals surface area contributed by atoms with E-state index in [1.165, 1.54) is 25.0 Å². The first kappa shape index (κ1) is 12.5. The van der Waals surface area contributed by atoms with Crippen molar-refractivity contribution in [3.63, 3.8) is 0 Å². The Morgan fingerprint density at radius 1 is 1.44 bits per heavy atom. The summed E-state index contributed by atoms with van der Waals surface area (Å²) in [6.45, 7) is 2.25. The highest BCUT2D eigenvalue weighted by molar-refractivity contribution is 5.94. The lowest BCUT2D eigenvalue weighted by molar-refractivity contribution is 0.0694. The van der Waals surface area contributed by atoms with Crippen molar-refractivity contribution in [2.45, 2.75) is 26.2 Å². The predicted octanol–water partition coefficient (Wildman–Crippen LogP) is 1.62. The average molecular weight is 248 g/mol. The van der Waals surface area contributed by atoms with Crippen LogP contribution in [0.15, 0.2) is 12.1 Å². The molecule has 0 aliphatic heterocycles. The zero-order chi connectivity index (χ0) is 13.1. The fourth-order valence-corrected chi connectivity index (χ4v) is 1.80. The summed E-state index contributed by atoms with van der Waals surface area (Å²) >= 11 is 0. The molecular formula is C13H16N2O3. The van der Waals surface area contributed by atoms with Gasteiger partial charge in [0.25, 0.3) is 5.91 Å². The second-order valence-electron chi connectivity index (χ2n) is 4.62. The first-order valence-corrected chi connectivity index (χ1v) is 6.07. The van der Waals surface area contributed by atoms with E-state index in [0.717, 1.165) is 12.3 Å². The molecule has 0 atom stereocenters. The Labute approximate surface area is 105 Å². The molecule has 1 aromatic rings. The molecular weight excluding hydrogens is 232 g/mol. The summed E-state index contributed by atoms with van der Waals surface area (Å²) < 4.78 is 0. The second kappa shape index (κ2) is 5.16. The van der Waals surface area contributed by atoms with Gasteiger partial charge in [0.05, 0.1) is 11.3 Å². The maximum atomic E-state index is 11.8. The third-order valence-electron chi connectivity index (χ3n) is 3.08. The van der Waals surface area contributed by atoms with Gasteiger partial charge in [0.1, 0.15) is 5.69 Å². The molecule has 1 heterocycles. The summed E-state index contributed by atoms with van der Waals surface area (Å²) in [5, 5.41) is 11.7. The van der Waals surface area contributed by atoms with Gasteiger partial charge in [0.15, 0.2) is 0 Å². The van der Waals surface area contributed by atoms with Gasteiger partial charge in [-0.05, 0) is 31.4 Å². The van der Waals surface area contributed by atoms with Gasteiger partial charge >= 0.3 is 5.97 Å². The van der Waals surface area contributed by atoms with Gasteiger partial charge in [-0.1, -0.05) is 12.8 Å². The van der Waals surface area contributed by atoms with Crippen molar-refractivity contribution in [2.24, 2.45) is 5.92 Å². The molecule has 1 aromatic heterocycles. The second-order valence-corrected chi connectivity index (χ2v) is 4.62. The third-order valence-corrected chi connectivity index (χ3v) is 3.08. The molecule has 18 heavy (non-hydrogen) atoms. The number of carboxylic acid groups (broad SMARTS) is 1. The van der Waals surface area contributed by atoms with Crippen LogP contribution in [0.2, 0.25) is 0 Å². The molecule has 1 fully saturated rings. The lowest BCUT2D eigenvalue weighted by Crippen LogP contribution is -2.26. The lowest BCUT2D eigenvalue weighted by atomic mass is 10.2. The molecule has 0 saturated heterocycles. The zero-order valence-electron chi connectivity index (χ0n) is 10.3. The van der Waals surface area contributed by atoms with E-state index in [2.05, 4.69) is 10.3 Å². The highest BCUT2D eigenvalue weighted by Crippen LogP contribution is 2.31. The first-order chi connectivity index (χ1) is 8.58. The van der Waals surface area contributed by atoms with Crippen LogP contribution in [0.3, 0.4) is 0 Å². The van der Waals surface area contributed by atoms with E-state index in [0.29, 0.717) is 12.2 Å². The maximum Gasteiger partial charge on any atom is 0.337 e. The van der Waals surface area contributed by atoms with Crippen molar-refractivity contribution in [3.05, 3.63) is 29.1 Å². The summed E-state index contributed by atoms with van der Waals surface area (Å²) in [4.78, 5) is 26.6. The highest BCUT2D eigenvalue weighted by Gasteiger charge is 2.21. The largest absolute Gasteiger partial charge is 0.478 e. The van der Waals surface area contributed by atoms with Crippen molar-refractivity contribution in [3.8, 4) is 0 Å². The smallest absolute Gasteiger partial charge is 0.337 e. The van der Waals surface area contributed by atoms with E-state index >= 15 is 0 Å². The van der Waals surface area contributed by atoms with Gasteiger partial charge in [-0.2, -0.15) is 0 Å². The number of hydrogen-bond acceptors (Lipinski definition) is 3. The minimum Gasteiger partial charge on any atom is -0.478 e. The summed E-state index contributed by atoms with van der Waals surface area (Å²) in [7, 11) is 0. The number of carbonyl (C=O) groups is 2.